The van der Waals surface area contributed by atoms with Crippen LogP contribution < -0.4 is 0 Å². The summed E-state index contributed by atoms with van der Waals surface area (Å²) in [4.78, 5) is 18.5. The Labute approximate surface area is 94.8 Å². The summed E-state index contributed by atoms with van der Waals surface area (Å²) >= 11 is 3.37. The molecule has 2 rings (SSSR count). The molecule has 1 N–H and O–H groups in total. The average Bonchev–Trinajstić information content (AvgIpc) is 2.74. The number of aromatic amines is 1. The van der Waals surface area contributed by atoms with Gasteiger partial charge in [0.1, 0.15) is 5.65 Å². The number of ether oxygens (including phenoxy) is 1. The van der Waals surface area contributed by atoms with Crippen molar-refractivity contribution in [2.45, 2.75) is 5.33 Å². The van der Waals surface area contributed by atoms with Gasteiger partial charge in [-0.3, -0.25) is 0 Å². The normalized spacial score (nSPS) is 10.5. The monoisotopic (exact) mass is 268 g/mol. The van der Waals surface area contributed by atoms with Gasteiger partial charge in [0.25, 0.3) is 0 Å². The number of alkyl halides is 1. The number of aromatic nitrogens is 2. The summed E-state index contributed by atoms with van der Waals surface area (Å²) in [6.45, 7) is 0. The number of pyridine rings is 1. The van der Waals surface area contributed by atoms with Gasteiger partial charge < -0.3 is 9.72 Å². The van der Waals surface area contributed by atoms with E-state index in [1.165, 1.54) is 7.11 Å². The van der Waals surface area contributed by atoms with E-state index in [4.69, 9.17) is 0 Å². The molecule has 0 saturated carbocycles. The molecule has 5 heteroatoms. The predicted octanol–water partition coefficient (Wildman–Crippen LogP) is 2.24. The standard InChI is InChI=1S/C10H9BrN2O2/c1-15-10(14)8-4-6(5-11)7-2-3-12-9(7)13-8/h2-4H,5H2,1H3,(H,12,13). The van der Waals surface area contributed by atoms with Gasteiger partial charge in [-0.05, 0) is 17.7 Å². The minimum atomic E-state index is -0.423. The molecule has 0 aliphatic rings. The van der Waals surface area contributed by atoms with Crippen LogP contribution in [-0.2, 0) is 10.1 Å². The zero-order valence-electron chi connectivity index (χ0n) is 8.08. The first kappa shape index (κ1) is 10.2. The molecule has 0 amide bonds. The lowest BCUT2D eigenvalue weighted by Crippen LogP contribution is -2.05. The fourth-order valence-corrected chi connectivity index (χ4v) is 1.89. The Bertz CT molecular complexity index is 507. The van der Waals surface area contributed by atoms with E-state index in [0.717, 1.165) is 10.9 Å². The number of carbonyl (C=O) groups is 1. The number of hydrogen-bond donors (Lipinski definition) is 1. The number of nitrogens with one attached hydrogen (secondary N) is 1. The smallest absolute Gasteiger partial charge is 0.356 e. The highest BCUT2D eigenvalue weighted by Crippen LogP contribution is 2.20. The number of carbonyl (C=O) groups excluding carboxylic acids is 1. The minimum absolute atomic E-state index is 0.321. The number of methoxy groups -OCH3 is 1. The van der Waals surface area contributed by atoms with Crippen molar-refractivity contribution in [2.24, 2.45) is 0 Å². The third-order valence-corrected chi connectivity index (χ3v) is 2.76. The predicted molar refractivity (Wildman–Crippen MR) is 60.1 cm³/mol. The third kappa shape index (κ3) is 1.74. The summed E-state index contributed by atoms with van der Waals surface area (Å²) in [5, 5.41) is 1.69. The van der Waals surface area contributed by atoms with Gasteiger partial charge in [-0.25, -0.2) is 9.78 Å². The molecule has 2 aromatic heterocycles. The second-order valence-electron chi connectivity index (χ2n) is 3.03. The van der Waals surface area contributed by atoms with Crippen LogP contribution in [0.5, 0.6) is 0 Å². The first-order valence-electron chi connectivity index (χ1n) is 4.37. The lowest BCUT2D eigenvalue weighted by Gasteiger charge is -2.02. The van der Waals surface area contributed by atoms with E-state index < -0.39 is 5.97 Å². The Kier molecular flexibility index (Phi) is 2.73. The summed E-state index contributed by atoms with van der Waals surface area (Å²) in [6, 6.07) is 3.66. The molecule has 0 fully saturated rings. The molecule has 0 atom stereocenters. The van der Waals surface area contributed by atoms with E-state index in [-0.39, 0.29) is 0 Å². The lowest BCUT2D eigenvalue weighted by atomic mass is 10.2. The first-order chi connectivity index (χ1) is 7.26. The zero-order chi connectivity index (χ0) is 10.8. The fraction of sp³-hybridized carbons (Fsp3) is 0.200. The Hall–Kier alpha value is -1.36. The van der Waals surface area contributed by atoms with Crippen LogP contribution in [0.1, 0.15) is 16.1 Å². The van der Waals surface area contributed by atoms with Crippen molar-refractivity contribution in [3.8, 4) is 0 Å². The van der Waals surface area contributed by atoms with Gasteiger partial charge in [-0.15, -0.1) is 0 Å². The van der Waals surface area contributed by atoms with Crippen LogP contribution in [0.25, 0.3) is 11.0 Å². The number of esters is 1. The second-order valence-corrected chi connectivity index (χ2v) is 3.59. The summed E-state index contributed by atoms with van der Waals surface area (Å²) in [5.74, 6) is -0.423. The van der Waals surface area contributed by atoms with Crippen LogP contribution >= 0.6 is 15.9 Å². The molecular weight excluding hydrogens is 260 g/mol. The van der Waals surface area contributed by atoms with Gasteiger partial charge in [0.05, 0.1) is 7.11 Å². The number of halogens is 1. The molecule has 4 nitrogen and oxygen atoms in total. The van der Waals surface area contributed by atoms with E-state index in [2.05, 4.69) is 30.6 Å². The molecule has 0 saturated heterocycles. The van der Waals surface area contributed by atoms with E-state index in [9.17, 15) is 4.79 Å². The maximum absolute atomic E-state index is 11.3. The third-order valence-electron chi connectivity index (χ3n) is 2.15. The van der Waals surface area contributed by atoms with Crippen molar-refractivity contribution < 1.29 is 9.53 Å². The van der Waals surface area contributed by atoms with E-state index in [0.29, 0.717) is 16.7 Å². The van der Waals surface area contributed by atoms with E-state index in [1.54, 1.807) is 12.3 Å². The summed E-state index contributed by atoms with van der Waals surface area (Å²) in [6.07, 6.45) is 1.80. The molecule has 0 bridgehead atoms. The molecule has 2 aromatic rings. The molecule has 0 aliphatic heterocycles. The molecule has 0 radical (unpaired) electrons. The maximum Gasteiger partial charge on any atom is 0.356 e. The largest absolute Gasteiger partial charge is 0.464 e. The van der Waals surface area contributed by atoms with Crippen molar-refractivity contribution in [2.75, 3.05) is 7.11 Å². The molecular formula is C10H9BrN2O2. The lowest BCUT2D eigenvalue weighted by molar-refractivity contribution is 0.0594. The van der Waals surface area contributed by atoms with Crippen LogP contribution in [-0.4, -0.2) is 23.0 Å². The molecule has 0 aromatic carbocycles. The number of hydrogen-bond acceptors (Lipinski definition) is 3. The summed E-state index contributed by atoms with van der Waals surface area (Å²) in [5.41, 5.74) is 2.04. The number of fused-ring (bicyclic) bond motifs is 1. The van der Waals surface area contributed by atoms with Crippen LogP contribution in [0.3, 0.4) is 0 Å². The molecule has 0 aliphatic carbocycles. The van der Waals surface area contributed by atoms with Crippen LogP contribution in [0.15, 0.2) is 18.3 Å². The highest BCUT2D eigenvalue weighted by Gasteiger charge is 2.11. The van der Waals surface area contributed by atoms with Crippen LogP contribution in [0.2, 0.25) is 0 Å². The van der Waals surface area contributed by atoms with E-state index in [1.807, 2.05) is 6.07 Å². The highest BCUT2D eigenvalue weighted by atomic mass is 79.9. The van der Waals surface area contributed by atoms with Gasteiger partial charge in [-0.1, -0.05) is 15.9 Å². The van der Waals surface area contributed by atoms with Gasteiger partial charge in [0, 0.05) is 16.9 Å². The van der Waals surface area contributed by atoms with Crippen molar-refractivity contribution in [3.05, 3.63) is 29.6 Å². The molecule has 2 heterocycles. The van der Waals surface area contributed by atoms with Gasteiger partial charge in [-0.2, -0.15) is 0 Å². The Morgan fingerprint density at radius 2 is 2.47 bits per heavy atom. The number of nitrogens with zero attached hydrogens (tertiary/aromatic N) is 1. The van der Waals surface area contributed by atoms with Gasteiger partial charge in [0.2, 0.25) is 0 Å². The summed E-state index contributed by atoms with van der Waals surface area (Å²) < 4.78 is 4.63. The van der Waals surface area contributed by atoms with Gasteiger partial charge in [0.15, 0.2) is 5.69 Å². The quantitative estimate of drug-likeness (QED) is 0.672. The number of rotatable bonds is 2. The Balaban J connectivity index is 2.63. The number of H-pyrrole nitrogens is 1. The Morgan fingerprint density at radius 1 is 1.67 bits per heavy atom. The zero-order valence-corrected chi connectivity index (χ0v) is 9.67. The van der Waals surface area contributed by atoms with Crippen molar-refractivity contribution >= 4 is 32.9 Å². The van der Waals surface area contributed by atoms with Crippen LogP contribution in [0, 0.1) is 0 Å². The van der Waals surface area contributed by atoms with Crippen molar-refractivity contribution in [3.63, 3.8) is 0 Å². The Morgan fingerprint density at radius 3 is 3.13 bits per heavy atom. The molecule has 0 spiro atoms. The SMILES string of the molecule is COC(=O)c1cc(CBr)c2cc[nH]c2n1. The first-order valence-corrected chi connectivity index (χ1v) is 5.49. The summed E-state index contributed by atoms with van der Waals surface area (Å²) in [7, 11) is 1.34. The second kappa shape index (κ2) is 4.02. The topological polar surface area (TPSA) is 55.0 Å². The minimum Gasteiger partial charge on any atom is -0.464 e. The maximum atomic E-state index is 11.3. The molecule has 78 valence electrons. The molecule has 0 unspecified atom stereocenters. The van der Waals surface area contributed by atoms with Crippen molar-refractivity contribution in [1.82, 2.24) is 9.97 Å². The molecule has 15 heavy (non-hydrogen) atoms. The highest BCUT2D eigenvalue weighted by molar-refractivity contribution is 9.08. The van der Waals surface area contributed by atoms with Crippen molar-refractivity contribution in [1.29, 1.82) is 0 Å². The average molecular weight is 269 g/mol. The van der Waals surface area contributed by atoms with Gasteiger partial charge >= 0.3 is 5.97 Å². The van der Waals surface area contributed by atoms with E-state index >= 15 is 0 Å². The van der Waals surface area contributed by atoms with Crippen LogP contribution in [0.4, 0.5) is 0 Å². The fourth-order valence-electron chi connectivity index (χ4n) is 1.43.